The Hall–Kier alpha value is -4.26. The number of urea groups is 1. The first-order chi connectivity index (χ1) is 18.5. The van der Waals surface area contributed by atoms with E-state index < -0.39 is 6.03 Å². The number of nitrogens with zero attached hydrogens (tertiary/aromatic N) is 2. The number of nitrogens with one attached hydrogen (secondary N) is 1. The van der Waals surface area contributed by atoms with Gasteiger partial charge in [0.05, 0.1) is 12.7 Å². The average Bonchev–Trinajstić information content (AvgIpc) is 3.25. The third-order valence-electron chi connectivity index (χ3n) is 7.72. The third-order valence-corrected chi connectivity index (χ3v) is 7.72. The largest absolute Gasteiger partial charge is 0.496 e. The Morgan fingerprint density at radius 3 is 2.26 bits per heavy atom. The van der Waals surface area contributed by atoms with Gasteiger partial charge in [-0.1, -0.05) is 72.8 Å². The molecule has 7 nitrogen and oxygen atoms in total. The monoisotopic (exact) mass is 509 g/mol. The normalized spacial score (nSPS) is 21.2. The van der Waals surface area contributed by atoms with Crippen molar-refractivity contribution in [2.75, 3.05) is 13.7 Å². The lowest BCUT2D eigenvalue weighted by Crippen LogP contribution is -2.49. The molecule has 4 amide bonds. The van der Waals surface area contributed by atoms with Crippen molar-refractivity contribution in [3.05, 3.63) is 102 Å². The molecule has 3 aromatic rings. The van der Waals surface area contributed by atoms with E-state index in [1.54, 1.807) is 19.2 Å². The highest BCUT2D eigenvalue weighted by molar-refractivity contribution is 6.46. The number of methoxy groups -OCH3 is 1. The van der Waals surface area contributed by atoms with Crippen LogP contribution in [-0.4, -0.2) is 48.2 Å². The van der Waals surface area contributed by atoms with Crippen LogP contribution in [0.5, 0.6) is 5.75 Å². The molecule has 0 radical (unpaired) electrons. The van der Waals surface area contributed by atoms with Gasteiger partial charge in [0.2, 0.25) is 0 Å². The Morgan fingerprint density at radius 2 is 1.58 bits per heavy atom. The number of carbonyl (C=O) groups excluding carboxylic acids is 3. The fraction of sp³-hybridized carbons (Fsp3) is 0.290. The van der Waals surface area contributed by atoms with Crippen LogP contribution in [0.15, 0.2) is 89.9 Å². The molecule has 0 bridgehead atoms. The molecule has 1 aliphatic carbocycles. The number of ether oxygens (including phenoxy) is 1. The molecule has 0 unspecified atom stereocenters. The number of hydrogen-bond donors (Lipinski definition) is 1. The summed E-state index contributed by atoms with van der Waals surface area (Å²) >= 11 is 0. The van der Waals surface area contributed by atoms with E-state index in [-0.39, 0.29) is 23.3 Å². The van der Waals surface area contributed by atoms with Crippen molar-refractivity contribution in [3.63, 3.8) is 0 Å². The van der Waals surface area contributed by atoms with E-state index in [0.29, 0.717) is 42.8 Å². The molecule has 1 heterocycles. The zero-order valence-corrected chi connectivity index (χ0v) is 21.4. The highest BCUT2D eigenvalue weighted by Crippen LogP contribution is 2.41. The molecule has 7 heteroatoms. The molecular formula is C31H31N3O4. The van der Waals surface area contributed by atoms with E-state index in [1.807, 2.05) is 60.7 Å². The van der Waals surface area contributed by atoms with Crippen molar-refractivity contribution < 1.29 is 19.1 Å². The summed E-state index contributed by atoms with van der Waals surface area (Å²) in [5.41, 5.74) is 2.56. The van der Waals surface area contributed by atoms with E-state index in [4.69, 9.17) is 4.74 Å². The second-order valence-corrected chi connectivity index (χ2v) is 9.94. The molecule has 1 aliphatic heterocycles. The highest BCUT2D eigenvalue weighted by atomic mass is 16.5. The summed E-state index contributed by atoms with van der Waals surface area (Å²) in [7, 11) is 1.55. The van der Waals surface area contributed by atoms with Crippen molar-refractivity contribution >= 4 is 23.6 Å². The van der Waals surface area contributed by atoms with Gasteiger partial charge in [-0.15, -0.1) is 0 Å². The molecule has 0 atom stereocenters. The molecule has 2 aliphatic rings. The number of hydrogen-bond acceptors (Lipinski definition) is 4. The van der Waals surface area contributed by atoms with Crippen LogP contribution < -0.4 is 10.1 Å². The predicted molar refractivity (Wildman–Crippen MR) is 146 cm³/mol. The second kappa shape index (κ2) is 11.0. The molecule has 0 aromatic heterocycles. The highest BCUT2D eigenvalue weighted by Gasteiger charge is 2.44. The van der Waals surface area contributed by atoms with Crippen molar-refractivity contribution in [1.82, 2.24) is 10.2 Å². The van der Waals surface area contributed by atoms with E-state index >= 15 is 0 Å². The van der Waals surface area contributed by atoms with E-state index in [9.17, 15) is 14.4 Å². The lowest BCUT2D eigenvalue weighted by molar-refractivity contribution is -0.123. The predicted octanol–water partition coefficient (Wildman–Crippen LogP) is 4.95. The van der Waals surface area contributed by atoms with Gasteiger partial charge in [-0.25, -0.2) is 4.79 Å². The average molecular weight is 510 g/mol. The number of amides is 4. The molecule has 0 spiro atoms. The number of benzene rings is 3. The van der Waals surface area contributed by atoms with Crippen LogP contribution in [0, 0.1) is 0 Å². The van der Waals surface area contributed by atoms with Gasteiger partial charge in [-0.05, 0) is 48.9 Å². The zero-order valence-electron chi connectivity index (χ0n) is 21.4. The number of rotatable bonds is 8. The van der Waals surface area contributed by atoms with Crippen LogP contribution in [0.2, 0.25) is 0 Å². The molecule has 0 saturated heterocycles. The maximum Gasteiger partial charge on any atom is 0.351 e. The van der Waals surface area contributed by atoms with Gasteiger partial charge in [-0.3, -0.25) is 14.5 Å². The quantitative estimate of drug-likeness (QED) is 0.465. The van der Waals surface area contributed by atoms with E-state index in [0.717, 1.165) is 24.0 Å². The lowest BCUT2D eigenvalue weighted by atomic mass is 9.67. The maximum absolute atomic E-state index is 13.2. The van der Waals surface area contributed by atoms with Crippen LogP contribution in [0.3, 0.4) is 0 Å². The van der Waals surface area contributed by atoms with Gasteiger partial charge in [0, 0.05) is 24.4 Å². The Balaban J connectivity index is 1.29. The maximum atomic E-state index is 13.2. The summed E-state index contributed by atoms with van der Waals surface area (Å²) in [6.07, 6.45) is 3.07. The van der Waals surface area contributed by atoms with E-state index in [1.165, 1.54) is 4.90 Å². The smallest absolute Gasteiger partial charge is 0.351 e. The Morgan fingerprint density at radius 1 is 0.947 bits per heavy atom. The van der Waals surface area contributed by atoms with Crippen molar-refractivity contribution in [2.45, 2.75) is 43.6 Å². The Bertz CT molecular complexity index is 1350. The summed E-state index contributed by atoms with van der Waals surface area (Å²) in [6.45, 7) is 0.443. The van der Waals surface area contributed by atoms with Gasteiger partial charge in [-0.2, -0.15) is 4.99 Å². The van der Waals surface area contributed by atoms with Gasteiger partial charge >= 0.3 is 6.03 Å². The SMILES string of the molecule is COc1ccccc1C(=O)NCC1(c2ccccc2)CCC(N2C(=O)N=C(Cc3ccccc3)C2=O)CC1. The third kappa shape index (κ3) is 5.09. The number of imide groups is 1. The van der Waals surface area contributed by atoms with Gasteiger partial charge in [0.1, 0.15) is 11.5 Å². The van der Waals surface area contributed by atoms with Crippen LogP contribution in [-0.2, 0) is 16.6 Å². The Kier molecular flexibility index (Phi) is 7.36. The lowest BCUT2D eigenvalue weighted by Gasteiger charge is -2.42. The molecule has 1 saturated carbocycles. The summed E-state index contributed by atoms with van der Waals surface area (Å²) < 4.78 is 5.36. The second-order valence-electron chi connectivity index (χ2n) is 9.94. The summed E-state index contributed by atoms with van der Waals surface area (Å²) in [5.74, 6) is 0.0455. The molecule has 3 aromatic carbocycles. The van der Waals surface area contributed by atoms with Gasteiger partial charge < -0.3 is 10.1 Å². The number of para-hydroxylation sites is 1. The molecule has 5 rings (SSSR count). The molecular weight excluding hydrogens is 478 g/mol. The Labute approximate surface area is 222 Å². The minimum Gasteiger partial charge on any atom is -0.496 e. The number of aliphatic imine (C=N–C) groups is 1. The van der Waals surface area contributed by atoms with E-state index in [2.05, 4.69) is 22.4 Å². The standard InChI is InChI=1S/C31H31N3O4/c1-38-27-15-9-8-14-25(27)28(35)32-21-31(23-12-6-3-7-13-23)18-16-24(17-19-31)34-29(36)26(33-30(34)37)20-22-10-4-2-5-11-22/h2-15,24H,16-21H2,1H3,(H,32,35). The van der Waals surface area contributed by atoms with Crippen LogP contribution in [0.25, 0.3) is 0 Å². The topological polar surface area (TPSA) is 88.1 Å². The molecule has 194 valence electrons. The fourth-order valence-corrected chi connectivity index (χ4v) is 5.62. The molecule has 1 fully saturated rings. The summed E-state index contributed by atoms with van der Waals surface area (Å²) in [4.78, 5) is 44.5. The minimum absolute atomic E-state index is 0.191. The zero-order chi connectivity index (χ0) is 26.5. The summed E-state index contributed by atoms with van der Waals surface area (Å²) in [5, 5.41) is 3.13. The first-order valence-electron chi connectivity index (χ1n) is 13.0. The first-order valence-corrected chi connectivity index (χ1v) is 13.0. The van der Waals surface area contributed by atoms with Crippen molar-refractivity contribution in [3.8, 4) is 5.75 Å². The fourth-order valence-electron chi connectivity index (χ4n) is 5.62. The van der Waals surface area contributed by atoms with Crippen LogP contribution in [0.1, 0.15) is 47.2 Å². The number of carbonyl (C=O) groups is 3. The minimum atomic E-state index is -0.470. The molecule has 1 N–H and O–H groups in total. The van der Waals surface area contributed by atoms with Crippen molar-refractivity contribution in [2.24, 2.45) is 4.99 Å². The molecule has 38 heavy (non-hydrogen) atoms. The van der Waals surface area contributed by atoms with Crippen LogP contribution in [0.4, 0.5) is 4.79 Å². The van der Waals surface area contributed by atoms with Gasteiger partial charge in [0.15, 0.2) is 0 Å². The summed E-state index contributed by atoms with van der Waals surface area (Å²) in [6, 6.07) is 26.2. The van der Waals surface area contributed by atoms with Crippen molar-refractivity contribution in [1.29, 1.82) is 0 Å². The first kappa shape index (κ1) is 25.4. The van der Waals surface area contributed by atoms with Gasteiger partial charge in [0.25, 0.3) is 11.8 Å². The van der Waals surface area contributed by atoms with Crippen LogP contribution >= 0.6 is 0 Å².